The molecule has 17 heavy (non-hydrogen) atoms. The zero-order chi connectivity index (χ0) is 12.8. The van der Waals surface area contributed by atoms with Crippen LogP contribution < -0.4 is 5.32 Å². The summed E-state index contributed by atoms with van der Waals surface area (Å²) in [6.45, 7) is 8.75. The molecule has 1 nitrogen and oxygen atoms in total. The van der Waals surface area contributed by atoms with Gasteiger partial charge in [0.05, 0.1) is 0 Å². The van der Waals surface area contributed by atoms with Gasteiger partial charge in [-0.3, -0.25) is 0 Å². The standard InChI is InChI=1S/C15H24FN/c1-5-13(6-2)11(3)17-12(4)14-8-7-9-15(16)10-14/h7-13,17H,5-6H2,1-4H3. The van der Waals surface area contributed by atoms with Gasteiger partial charge in [-0.15, -0.1) is 0 Å². The van der Waals surface area contributed by atoms with Gasteiger partial charge >= 0.3 is 0 Å². The highest BCUT2D eigenvalue weighted by atomic mass is 19.1. The summed E-state index contributed by atoms with van der Waals surface area (Å²) < 4.78 is 13.1. The van der Waals surface area contributed by atoms with E-state index in [0.29, 0.717) is 12.0 Å². The third-order valence-electron chi connectivity index (χ3n) is 3.62. The first-order chi connectivity index (χ1) is 8.08. The Balaban J connectivity index is 2.62. The summed E-state index contributed by atoms with van der Waals surface area (Å²) in [6.07, 6.45) is 2.36. The van der Waals surface area contributed by atoms with Gasteiger partial charge in [0, 0.05) is 12.1 Å². The molecule has 96 valence electrons. The van der Waals surface area contributed by atoms with Gasteiger partial charge in [0.25, 0.3) is 0 Å². The van der Waals surface area contributed by atoms with Crippen LogP contribution in [0.1, 0.15) is 52.1 Å². The monoisotopic (exact) mass is 237 g/mol. The van der Waals surface area contributed by atoms with Gasteiger partial charge in [-0.2, -0.15) is 0 Å². The molecule has 2 heteroatoms. The molecule has 0 heterocycles. The van der Waals surface area contributed by atoms with Gasteiger partial charge in [-0.1, -0.05) is 38.8 Å². The highest BCUT2D eigenvalue weighted by molar-refractivity contribution is 5.19. The third-order valence-corrected chi connectivity index (χ3v) is 3.62. The van der Waals surface area contributed by atoms with Crippen LogP contribution in [-0.4, -0.2) is 6.04 Å². The first-order valence-electron chi connectivity index (χ1n) is 6.60. The zero-order valence-electron chi connectivity index (χ0n) is 11.3. The molecule has 0 bridgehead atoms. The normalized spacial score (nSPS) is 14.9. The molecule has 2 atom stereocenters. The lowest BCUT2D eigenvalue weighted by Gasteiger charge is -2.26. The van der Waals surface area contributed by atoms with Crippen LogP contribution in [0.4, 0.5) is 4.39 Å². The molecule has 0 saturated carbocycles. The van der Waals surface area contributed by atoms with Gasteiger partial charge in [-0.25, -0.2) is 4.39 Å². The van der Waals surface area contributed by atoms with Crippen molar-refractivity contribution in [1.29, 1.82) is 0 Å². The summed E-state index contributed by atoms with van der Waals surface area (Å²) in [7, 11) is 0. The maximum absolute atomic E-state index is 13.1. The molecule has 0 aliphatic rings. The predicted octanol–water partition coefficient (Wildman–Crippen LogP) is 4.30. The van der Waals surface area contributed by atoms with E-state index in [4.69, 9.17) is 0 Å². The van der Waals surface area contributed by atoms with Crippen molar-refractivity contribution in [2.45, 2.75) is 52.6 Å². The molecule has 0 radical (unpaired) electrons. The van der Waals surface area contributed by atoms with Crippen LogP contribution >= 0.6 is 0 Å². The number of hydrogen-bond donors (Lipinski definition) is 1. The maximum Gasteiger partial charge on any atom is 0.123 e. The van der Waals surface area contributed by atoms with Crippen molar-refractivity contribution < 1.29 is 4.39 Å². The molecule has 0 aliphatic heterocycles. The second kappa shape index (κ2) is 6.75. The number of halogens is 1. The minimum atomic E-state index is -0.161. The van der Waals surface area contributed by atoms with Crippen molar-refractivity contribution in [3.8, 4) is 0 Å². The summed E-state index contributed by atoms with van der Waals surface area (Å²) in [6, 6.07) is 7.49. The SMILES string of the molecule is CCC(CC)C(C)NC(C)c1cccc(F)c1. The second-order valence-electron chi connectivity index (χ2n) is 4.81. The van der Waals surface area contributed by atoms with Crippen LogP contribution in [-0.2, 0) is 0 Å². The Morgan fingerprint density at radius 2 is 1.82 bits per heavy atom. The van der Waals surface area contributed by atoms with Crippen LogP contribution in [0.5, 0.6) is 0 Å². The van der Waals surface area contributed by atoms with Gasteiger partial charge in [-0.05, 0) is 37.5 Å². The van der Waals surface area contributed by atoms with Crippen LogP contribution in [0.3, 0.4) is 0 Å². The molecule has 0 aromatic heterocycles. The van der Waals surface area contributed by atoms with E-state index in [2.05, 4.69) is 33.0 Å². The van der Waals surface area contributed by atoms with Crippen LogP contribution in [0.2, 0.25) is 0 Å². The summed E-state index contributed by atoms with van der Waals surface area (Å²) in [5.74, 6) is 0.525. The van der Waals surface area contributed by atoms with Crippen molar-refractivity contribution in [2.24, 2.45) is 5.92 Å². The topological polar surface area (TPSA) is 12.0 Å². The first-order valence-corrected chi connectivity index (χ1v) is 6.60. The summed E-state index contributed by atoms with van der Waals surface area (Å²) in [4.78, 5) is 0. The largest absolute Gasteiger partial charge is 0.307 e. The fourth-order valence-electron chi connectivity index (χ4n) is 2.40. The number of nitrogens with one attached hydrogen (secondary N) is 1. The Kier molecular flexibility index (Phi) is 5.63. The Bertz CT molecular complexity index is 333. The average molecular weight is 237 g/mol. The smallest absolute Gasteiger partial charge is 0.123 e. The van der Waals surface area contributed by atoms with E-state index in [1.165, 1.54) is 18.9 Å². The van der Waals surface area contributed by atoms with Crippen molar-refractivity contribution in [3.63, 3.8) is 0 Å². The summed E-state index contributed by atoms with van der Waals surface area (Å²) in [5, 5.41) is 3.56. The van der Waals surface area contributed by atoms with Crippen molar-refractivity contribution in [1.82, 2.24) is 5.32 Å². The van der Waals surface area contributed by atoms with E-state index in [0.717, 1.165) is 5.56 Å². The molecule has 0 amide bonds. The number of rotatable bonds is 6. The van der Waals surface area contributed by atoms with Crippen LogP contribution in [0.15, 0.2) is 24.3 Å². The minimum absolute atomic E-state index is 0.161. The Morgan fingerprint density at radius 1 is 1.18 bits per heavy atom. The maximum atomic E-state index is 13.1. The van der Waals surface area contributed by atoms with E-state index in [9.17, 15) is 4.39 Å². The lowest BCUT2D eigenvalue weighted by atomic mass is 9.94. The molecule has 1 N–H and O–H groups in total. The highest BCUT2D eigenvalue weighted by Crippen LogP contribution is 2.19. The van der Waals surface area contributed by atoms with Gasteiger partial charge in [0.2, 0.25) is 0 Å². The quantitative estimate of drug-likeness (QED) is 0.777. The molecule has 2 unspecified atom stereocenters. The van der Waals surface area contributed by atoms with Crippen molar-refractivity contribution >= 4 is 0 Å². The predicted molar refractivity (Wildman–Crippen MR) is 71.5 cm³/mol. The molecular formula is C15H24FN. The van der Waals surface area contributed by atoms with Crippen molar-refractivity contribution in [2.75, 3.05) is 0 Å². The fourth-order valence-corrected chi connectivity index (χ4v) is 2.40. The molecule has 0 aliphatic carbocycles. The highest BCUT2D eigenvalue weighted by Gasteiger charge is 2.16. The Labute approximate surface area is 104 Å². The number of hydrogen-bond acceptors (Lipinski definition) is 1. The van der Waals surface area contributed by atoms with Gasteiger partial charge in [0.15, 0.2) is 0 Å². The van der Waals surface area contributed by atoms with Gasteiger partial charge < -0.3 is 5.32 Å². The summed E-state index contributed by atoms with van der Waals surface area (Å²) >= 11 is 0. The van der Waals surface area contributed by atoms with Crippen LogP contribution in [0.25, 0.3) is 0 Å². The lowest BCUT2D eigenvalue weighted by Crippen LogP contribution is -2.35. The van der Waals surface area contributed by atoms with Crippen molar-refractivity contribution in [3.05, 3.63) is 35.6 Å². The molecule has 0 spiro atoms. The fraction of sp³-hybridized carbons (Fsp3) is 0.600. The molecule has 0 saturated heterocycles. The molecule has 1 aromatic rings. The first kappa shape index (κ1) is 14.2. The van der Waals surface area contributed by atoms with E-state index in [1.807, 2.05) is 6.07 Å². The lowest BCUT2D eigenvalue weighted by molar-refractivity contribution is 0.330. The molecule has 1 aromatic carbocycles. The Morgan fingerprint density at radius 3 is 2.35 bits per heavy atom. The second-order valence-corrected chi connectivity index (χ2v) is 4.81. The Hall–Kier alpha value is -0.890. The molecular weight excluding hydrogens is 213 g/mol. The average Bonchev–Trinajstić information content (AvgIpc) is 2.30. The third kappa shape index (κ3) is 4.12. The minimum Gasteiger partial charge on any atom is -0.307 e. The molecule has 1 rings (SSSR count). The van der Waals surface area contributed by atoms with E-state index in [1.54, 1.807) is 12.1 Å². The zero-order valence-corrected chi connectivity index (χ0v) is 11.3. The van der Waals surface area contributed by atoms with E-state index in [-0.39, 0.29) is 11.9 Å². The summed E-state index contributed by atoms with van der Waals surface area (Å²) in [5.41, 5.74) is 1.02. The number of benzene rings is 1. The van der Waals surface area contributed by atoms with E-state index >= 15 is 0 Å². The van der Waals surface area contributed by atoms with Gasteiger partial charge in [0.1, 0.15) is 5.82 Å². The van der Waals surface area contributed by atoms with E-state index < -0.39 is 0 Å². The molecule has 0 fully saturated rings. The van der Waals surface area contributed by atoms with Crippen LogP contribution in [0, 0.1) is 11.7 Å².